The SMILES string of the molecule is COc1cc2[nH]ccc2cc1C(=O)N1CCC(Cc2ccsc2)CC1. The standard InChI is InChI=1S/C20H22N2O2S/c1-24-19-12-18-16(2-6-21-18)11-17(19)20(23)22-7-3-14(4-8-22)10-15-5-9-25-13-15/h2,5-6,9,11-14,21H,3-4,7-8,10H2,1H3. The normalized spacial score (nSPS) is 15.6. The minimum Gasteiger partial charge on any atom is -0.496 e. The number of H-pyrrole nitrogens is 1. The molecule has 0 atom stereocenters. The summed E-state index contributed by atoms with van der Waals surface area (Å²) in [7, 11) is 1.62. The van der Waals surface area contributed by atoms with Gasteiger partial charge in [-0.1, -0.05) is 0 Å². The Hall–Kier alpha value is -2.27. The summed E-state index contributed by atoms with van der Waals surface area (Å²) < 4.78 is 5.46. The lowest BCUT2D eigenvalue weighted by atomic mass is 9.91. The number of hydrogen-bond donors (Lipinski definition) is 1. The molecule has 0 saturated carbocycles. The molecule has 0 bridgehead atoms. The molecule has 3 heterocycles. The lowest BCUT2D eigenvalue weighted by molar-refractivity contribution is 0.0687. The van der Waals surface area contributed by atoms with Crippen molar-refractivity contribution in [3.8, 4) is 5.75 Å². The summed E-state index contributed by atoms with van der Waals surface area (Å²) in [5, 5.41) is 5.41. The lowest BCUT2D eigenvalue weighted by Crippen LogP contribution is -2.39. The maximum absolute atomic E-state index is 13.0. The number of likely N-dealkylation sites (tertiary alicyclic amines) is 1. The van der Waals surface area contributed by atoms with E-state index in [0.717, 1.165) is 43.3 Å². The first-order valence-corrected chi connectivity index (χ1v) is 9.64. The van der Waals surface area contributed by atoms with E-state index in [1.165, 1.54) is 5.56 Å². The van der Waals surface area contributed by atoms with Crippen LogP contribution in [0, 0.1) is 5.92 Å². The zero-order chi connectivity index (χ0) is 17.2. The number of fused-ring (bicyclic) bond motifs is 1. The van der Waals surface area contributed by atoms with E-state index in [4.69, 9.17) is 4.74 Å². The molecule has 1 amide bonds. The Balaban J connectivity index is 1.46. The van der Waals surface area contributed by atoms with E-state index in [1.54, 1.807) is 18.4 Å². The molecule has 0 spiro atoms. The van der Waals surface area contributed by atoms with Gasteiger partial charge < -0.3 is 14.6 Å². The summed E-state index contributed by atoms with van der Waals surface area (Å²) in [6, 6.07) is 8.04. The number of benzene rings is 1. The molecule has 25 heavy (non-hydrogen) atoms. The molecule has 0 radical (unpaired) electrons. The summed E-state index contributed by atoms with van der Waals surface area (Å²) in [5.41, 5.74) is 3.07. The summed E-state index contributed by atoms with van der Waals surface area (Å²) in [4.78, 5) is 18.1. The number of carbonyl (C=O) groups is 1. The summed E-state index contributed by atoms with van der Waals surface area (Å²) in [5.74, 6) is 1.39. The van der Waals surface area contributed by atoms with Crippen molar-refractivity contribution in [3.05, 3.63) is 52.3 Å². The van der Waals surface area contributed by atoms with Crippen molar-refractivity contribution in [2.45, 2.75) is 19.3 Å². The van der Waals surface area contributed by atoms with Gasteiger partial charge in [-0.3, -0.25) is 4.79 Å². The first kappa shape index (κ1) is 16.2. The molecular formula is C20H22N2O2S. The van der Waals surface area contributed by atoms with Gasteiger partial charge in [-0.05, 0) is 59.7 Å². The second-order valence-corrected chi connectivity index (χ2v) is 7.47. The van der Waals surface area contributed by atoms with Crippen LogP contribution in [0.2, 0.25) is 0 Å². The quantitative estimate of drug-likeness (QED) is 0.758. The Kier molecular flexibility index (Phi) is 4.49. The zero-order valence-corrected chi connectivity index (χ0v) is 15.1. The van der Waals surface area contributed by atoms with Crippen LogP contribution >= 0.6 is 11.3 Å². The number of nitrogens with one attached hydrogen (secondary N) is 1. The molecule has 3 aromatic rings. The molecule has 1 aliphatic heterocycles. The van der Waals surface area contributed by atoms with E-state index in [0.29, 0.717) is 17.2 Å². The van der Waals surface area contributed by atoms with Gasteiger partial charge in [-0.15, -0.1) is 0 Å². The van der Waals surface area contributed by atoms with Crippen LogP contribution in [0.3, 0.4) is 0 Å². The van der Waals surface area contributed by atoms with Crippen molar-refractivity contribution >= 4 is 28.1 Å². The number of aromatic amines is 1. The van der Waals surface area contributed by atoms with Crippen LogP contribution in [0.5, 0.6) is 5.75 Å². The number of aromatic nitrogens is 1. The Morgan fingerprint density at radius 1 is 1.32 bits per heavy atom. The van der Waals surface area contributed by atoms with E-state index in [2.05, 4.69) is 21.8 Å². The molecule has 5 heteroatoms. The van der Waals surface area contributed by atoms with E-state index < -0.39 is 0 Å². The molecule has 0 aliphatic carbocycles. The van der Waals surface area contributed by atoms with Gasteiger partial charge in [0.15, 0.2) is 0 Å². The monoisotopic (exact) mass is 354 g/mol. The number of nitrogens with zero attached hydrogens (tertiary/aromatic N) is 1. The highest BCUT2D eigenvalue weighted by Gasteiger charge is 2.26. The number of rotatable bonds is 4. The van der Waals surface area contributed by atoms with Gasteiger partial charge in [-0.2, -0.15) is 11.3 Å². The third kappa shape index (κ3) is 3.29. The van der Waals surface area contributed by atoms with E-state index >= 15 is 0 Å². The van der Waals surface area contributed by atoms with E-state index in [-0.39, 0.29) is 5.91 Å². The van der Waals surface area contributed by atoms with Gasteiger partial charge in [0.2, 0.25) is 0 Å². The molecule has 1 aliphatic rings. The van der Waals surface area contributed by atoms with Gasteiger partial charge in [0, 0.05) is 36.3 Å². The molecular weight excluding hydrogens is 332 g/mol. The van der Waals surface area contributed by atoms with Gasteiger partial charge in [0.25, 0.3) is 5.91 Å². The molecule has 130 valence electrons. The predicted octanol–water partition coefficient (Wildman–Crippen LogP) is 4.33. The summed E-state index contributed by atoms with van der Waals surface area (Å²) in [6.45, 7) is 1.64. The third-order valence-corrected chi connectivity index (χ3v) is 5.84. The van der Waals surface area contributed by atoms with Crippen molar-refractivity contribution in [1.82, 2.24) is 9.88 Å². The highest BCUT2D eigenvalue weighted by atomic mass is 32.1. The number of amides is 1. The topological polar surface area (TPSA) is 45.3 Å². The fourth-order valence-electron chi connectivity index (χ4n) is 3.67. The minimum atomic E-state index is 0.0777. The first-order chi connectivity index (χ1) is 12.2. The fraction of sp³-hybridized carbons (Fsp3) is 0.350. The van der Waals surface area contributed by atoms with Gasteiger partial charge in [-0.25, -0.2) is 0 Å². The van der Waals surface area contributed by atoms with Crippen LogP contribution in [-0.4, -0.2) is 36.0 Å². The Morgan fingerprint density at radius 2 is 2.16 bits per heavy atom. The van der Waals surface area contributed by atoms with Crippen molar-refractivity contribution in [3.63, 3.8) is 0 Å². The van der Waals surface area contributed by atoms with Crippen molar-refractivity contribution in [2.24, 2.45) is 5.92 Å². The average molecular weight is 354 g/mol. The van der Waals surface area contributed by atoms with Crippen LogP contribution in [0.25, 0.3) is 10.9 Å². The fourth-order valence-corrected chi connectivity index (χ4v) is 4.35. The molecule has 4 nitrogen and oxygen atoms in total. The number of carbonyl (C=O) groups excluding carboxylic acids is 1. The lowest BCUT2D eigenvalue weighted by Gasteiger charge is -2.32. The number of ether oxygens (including phenoxy) is 1. The van der Waals surface area contributed by atoms with Crippen LogP contribution in [0.1, 0.15) is 28.8 Å². The second kappa shape index (κ2) is 6.92. The first-order valence-electron chi connectivity index (χ1n) is 8.70. The molecule has 1 saturated heterocycles. The van der Waals surface area contributed by atoms with Crippen LogP contribution in [-0.2, 0) is 6.42 Å². The molecule has 1 N–H and O–H groups in total. The van der Waals surface area contributed by atoms with Crippen molar-refractivity contribution in [2.75, 3.05) is 20.2 Å². The Bertz CT molecular complexity index is 861. The number of piperidine rings is 1. The number of thiophene rings is 1. The highest BCUT2D eigenvalue weighted by molar-refractivity contribution is 7.07. The predicted molar refractivity (Wildman–Crippen MR) is 102 cm³/mol. The van der Waals surface area contributed by atoms with E-state index in [9.17, 15) is 4.79 Å². The molecule has 1 aromatic carbocycles. The molecule has 4 rings (SSSR count). The zero-order valence-electron chi connectivity index (χ0n) is 14.3. The van der Waals surface area contributed by atoms with Gasteiger partial charge in [0.05, 0.1) is 12.7 Å². The maximum Gasteiger partial charge on any atom is 0.257 e. The van der Waals surface area contributed by atoms with Crippen molar-refractivity contribution < 1.29 is 9.53 Å². The summed E-state index contributed by atoms with van der Waals surface area (Å²) >= 11 is 1.76. The maximum atomic E-state index is 13.0. The number of methoxy groups -OCH3 is 1. The third-order valence-electron chi connectivity index (χ3n) is 5.11. The Labute approximate surface area is 151 Å². The highest BCUT2D eigenvalue weighted by Crippen LogP contribution is 2.29. The van der Waals surface area contributed by atoms with Crippen LogP contribution < -0.4 is 4.74 Å². The number of hydrogen-bond acceptors (Lipinski definition) is 3. The van der Waals surface area contributed by atoms with Crippen molar-refractivity contribution in [1.29, 1.82) is 0 Å². The summed E-state index contributed by atoms with van der Waals surface area (Å²) in [6.07, 6.45) is 5.14. The van der Waals surface area contributed by atoms with Crippen LogP contribution in [0.15, 0.2) is 41.2 Å². The van der Waals surface area contributed by atoms with Crippen LogP contribution in [0.4, 0.5) is 0 Å². The Morgan fingerprint density at radius 3 is 2.88 bits per heavy atom. The largest absolute Gasteiger partial charge is 0.496 e. The smallest absolute Gasteiger partial charge is 0.257 e. The molecule has 2 aromatic heterocycles. The van der Waals surface area contributed by atoms with Gasteiger partial charge >= 0.3 is 0 Å². The second-order valence-electron chi connectivity index (χ2n) is 6.69. The van der Waals surface area contributed by atoms with Gasteiger partial charge in [0.1, 0.15) is 5.75 Å². The minimum absolute atomic E-state index is 0.0777. The molecule has 0 unspecified atom stereocenters. The molecule has 1 fully saturated rings. The average Bonchev–Trinajstić information content (AvgIpc) is 3.31. The van der Waals surface area contributed by atoms with E-state index in [1.807, 2.05) is 29.3 Å².